The van der Waals surface area contributed by atoms with Crippen LogP contribution in [0.15, 0.2) is 6.07 Å². The van der Waals surface area contributed by atoms with Crippen molar-refractivity contribution in [1.29, 1.82) is 0 Å². The normalized spacial score (nSPS) is 10.6. The summed E-state index contributed by atoms with van der Waals surface area (Å²) in [6.07, 6.45) is -2.88. The summed E-state index contributed by atoms with van der Waals surface area (Å²) in [6.45, 7) is 0. The number of halogens is 3. The van der Waals surface area contributed by atoms with Gasteiger partial charge in [0.15, 0.2) is 11.4 Å². The van der Waals surface area contributed by atoms with E-state index in [2.05, 4.69) is 4.98 Å². The molecule has 14 heavy (non-hydrogen) atoms. The number of hydrogen-bond donors (Lipinski definition) is 2. The van der Waals surface area contributed by atoms with Crippen LogP contribution in [0, 0.1) is 0 Å². The van der Waals surface area contributed by atoms with E-state index in [9.17, 15) is 13.6 Å². The summed E-state index contributed by atoms with van der Waals surface area (Å²) in [6, 6.07) is 0.781. The van der Waals surface area contributed by atoms with E-state index in [0.29, 0.717) is 0 Å². The molecule has 0 radical (unpaired) electrons. The molecule has 0 bridgehead atoms. The Morgan fingerprint density at radius 2 is 2.21 bits per heavy atom. The summed E-state index contributed by atoms with van der Waals surface area (Å²) < 4.78 is 24.3. The largest absolute Gasteiger partial charge is 0.504 e. The number of carbonyl (C=O) groups is 1. The maximum atomic E-state index is 12.2. The zero-order chi connectivity index (χ0) is 10.9. The molecule has 3 N–H and O–H groups in total. The number of rotatable bonds is 2. The van der Waals surface area contributed by atoms with E-state index in [0.717, 1.165) is 6.07 Å². The van der Waals surface area contributed by atoms with Crippen LogP contribution in [0.2, 0.25) is 0 Å². The predicted molar refractivity (Wildman–Crippen MR) is 45.5 cm³/mol. The molecule has 76 valence electrons. The van der Waals surface area contributed by atoms with Crippen molar-refractivity contribution in [3.05, 3.63) is 17.5 Å². The van der Waals surface area contributed by atoms with Gasteiger partial charge < -0.3 is 10.8 Å². The van der Waals surface area contributed by atoms with Crippen molar-refractivity contribution >= 4 is 22.5 Å². The number of aromatic nitrogens is 1. The van der Waals surface area contributed by atoms with Gasteiger partial charge in [-0.1, -0.05) is 0 Å². The van der Waals surface area contributed by atoms with Crippen LogP contribution < -0.4 is 5.73 Å². The van der Waals surface area contributed by atoms with Crippen molar-refractivity contribution in [2.45, 2.75) is 6.43 Å². The lowest BCUT2D eigenvalue weighted by molar-refractivity contribution is 0.107. The minimum atomic E-state index is -2.88. The van der Waals surface area contributed by atoms with Gasteiger partial charge in [0.1, 0.15) is 5.69 Å². The molecule has 0 atom stereocenters. The molecule has 0 aliphatic carbocycles. The monoisotopic (exact) mass is 222 g/mol. The molecule has 0 aromatic carbocycles. The molecular formula is C7H5ClF2N2O2. The average Bonchev–Trinajstić information content (AvgIpc) is 2.08. The highest BCUT2D eigenvalue weighted by Crippen LogP contribution is 2.29. The average molecular weight is 223 g/mol. The van der Waals surface area contributed by atoms with Gasteiger partial charge >= 0.3 is 0 Å². The molecule has 1 aromatic rings. The van der Waals surface area contributed by atoms with Crippen LogP contribution in [0.3, 0.4) is 0 Å². The molecule has 0 aliphatic heterocycles. The van der Waals surface area contributed by atoms with Gasteiger partial charge in [0, 0.05) is 0 Å². The van der Waals surface area contributed by atoms with Crippen LogP contribution in [0.25, 0.3) is 0 Å². The van der Waals surface area contributed by atoms with Crippen molar-refractivity contribution < 1.29 is 18.7 Å². The SMILES string of the molecule is Nc1cc(C(F)F)nc(C(=O)Cl)c1O. The summed E-state index contributed by atoms with van der Waals surface area (Å²) >= 11 is 5.00. The van der Waals surface area contributed by atoms with Gasteiger partial charge in [-0.05, 0) is 17.7 Å². The summed E-state index contributed by atoms with van der Waals surface area (Å²) in [7, 11) is 0. The molecule has 0 unspecified atom stereocenters. The fourth-order valence-corrected chi connectivity index (χ4v) is 0.959. The maximum Gasteiger partial charge on any atom is 0.280 e. The smallest absolute Gasteiger partial charge is 0.280 e. The van der Waals surface area contributed by atoms with E-state index >= 15 is 0 Å². The number of nitrogens with zero attached hydrogens (tertiary/aromatic N) is 1. The second-order valence-corrected chi connectivity index (χ2v) is 2.75. The first-order chi connectivity index (χ1) is 6.43. The Morgan fingerprint density at radius 3 is 2.64 bits per heavy atom. The number of anilines is 1. The van der Waals surface area contributed by atoms with Crippen LogP contribution >= 0.6 is 11.6 Å². The Labute approximate surface area is 82.3 Å². The van der Waals surface area contributed by atoms with E-state index in [1.807, 2.05) is 0 Å². The Kier molecular flexibility index (Phi) is 2.85. The Hall–Kier alpha value is -1.43. The van der Waals surface area contributed by atoms with Gasteiger partial charge in [-0.2, -0.15) is 0 Å². The maximum absolute atomic E-state index is 12.2. The first-order valence-electron chi connectivity index (χ1n) is 3.41. The van der Waals surface area contributed by atoms with Gasteiger partial charge in [-0.25, -0.2) is 13.8 Å². The fourth-order valence-electron chi connectivity index (χ4n) is 0.828. The number of hydrogen-bond acceptors (Lipinski definition) is 4. The number of pyridine rings is 1. The zero-order valence-electron chi connectivity index (χ0n) is 6.67. The molecule has 0 saturated carbocycles. The predicted octanol–water partition coefficient (Wildman–Crippen LogP) is 1.69. The number of nitrogens with two attached hydrogens (primary N) is 1. The molecule has 0 aliphatic rings. The topological polar surface area (TPSA) is 76.2 Å². The van der Waals surface area contributed by atoms with Crippen molar-refractivity contribution in [3.8, 4) is 5.75 Å². The highest BCUT2D eigenvalue weighted by atomic mass is 35.5. The lowest BCUT2D eigenvalue weighted by Gasteiger charge is -2.05. The second kappa shape index (κ2) is 3.75. The molecule has 0 spiro atoms. The van der Waals surface area contributed by atoms with E-state index < -0.39 is 28.8 Å². The number of alkyl halides is 2. The molecular weight excluding hydrogens is 218 g/mol. The van der Waals surface area contributed by atoms with Gasteiger partial charge in [-0.15, -0.1) is 0 Å². The summed E-state index contributed by atoms with van der Waals surface area (Å²) in [5.74, 6) is -0.686. The molecule has 0 amide bonds. The van der Waals surface area contributed by atoms with Crippen molar-refractivity contribution in [2.24, 2.45) is 0 Å². The van der Waals surface area contributed by atoms with E-state index in [1.165, 1.54) is 0 Å². The summed E-state index contributed by atoms with van der Waals surface area (Å²) in [5.41, 5.74) is 3.43. The molecule has 0 fully saturated rings. The van der Waals surface area contributed by atoms with E-state index in [-0.39, 0.29) is 5.69 Å². The highest BCUT2D eigenvalue weighted by Gasteiger charge is 2.19. The Balaban J connectivity index is 3.35. The lowest BCUT2D eigenvalue weighted by atomic mass is 10.2. The van der Waals surface area contributed by atoms with E-state index in [4.69, 9.17) is 22.4 Å². The molecule has 1 aromatic heterocycles. The Bertz CT molecular complexity index is 384. The van der Waals surface area contributed by atoms with Crippen molar-refractivity contribution in [1.82, 2.24) is 4.98 Å². The molecule has 4 nitrogen and oxygen atoms in total. The van der Waals surface area contributed by atoms with Crippen LogP contribution in [-0.2, 0) is 0 Å². The number of carbonyl (C=O) groups excluding carboxylic acids is 1. The molecule has 1 rings (SSSR count). The number of aromatic hydroxyl groups is 1. The zero-order valence-corrected chi connectivity index (χ0v) is 7.42. The number of nitrogen functional groups attached to an aromatic ring is 1. The summed E-state index contributed by atoms with van der Waals surface area (Å²) in [5, 5.41) is 7.99. The third-order valence-corrected chi connectivity index (χ3v) is 1.63. The second-order valence-electron chi connectivity index (χ2n) is 2.41. The molecule has 7 heteroatoms. The molecule has 0 saturated heterocycles. The van der Waals surface area contributed by atoms with E-state index in [1.54, 1.807) is 0 Å². The van der Waals surface area contributed by atoms with Crippen molar-refractivity contribution in [3.63, 3.8) is 0 Å². The highest BCUT2D eigenvalue weighted by molar-refractivity contribution is 6.67. The first kappa shape index (κ1) is 10.6. The lowest BCUT2D eigenvalue weighted by Crippen LogP contribution is -2.03. The fraction of sp³-hybridized carbons (Fsp3) is 0.143. The van der Waals surface area contributed by atoms with Gasteiger partial charge in [0.25, 0.3) is 11.7 Å². The van der Waals surface area contributed by atoms with Crippen molar-refractivity contribution in [2.75, 3.05) is 5.73 Å². The molecule has 1 heterocycles. The van der Waals surface area contributed by atoms with Gasteiger partial charge in [0.2, 0.25) is 0 Å². The van der Waals surface area contributed by atoms with Gasteiger partial charge in [-0.3, -0.25) is 4.79 Å². The van der Waals surface area contributed by atoms with Gasteiger partial charge in [0.05, 0.1) is 5.69 Å². The third-order valence-electron chi connectivity index (χ3n) is 1.45. The quantitative estimate of drug-likeness (QED) is 0.747. The minimum absolute atomic E-state index is 0.362. The van der Waals surface area contributed by atoms with Crippen LogP contribution in [0.5, 0.6) is 5.75 Å². The Morgan fingerprint density at radius 1 is 1.64 bits per heavy atom. The summed E-state index contributed by atoms with van der Waals surface area (Å²) in [4.78, 5) is 13.8. The third kappa shape index (κ3) is 1.90. The van der Waals surface area contributed by atoms with Crippen LogP contribution in [-0.4, -0.2) is 15.3 Å². The standard InChI is InChI=1S/C7H5ClF2N2O2/c8-6(14)4-5(13)2(11)1-3(12-4)7(9)10/h1,7,13H,(H2,11,12). The minimum Gasteiger partial charge on any atom is -0.504 e. The van der Waals surface area contributed by atoms with Crippen LogP contribution in [0.4, 0.5) is 14.5 Å². The van der Waals surface area contributed by atoms with Crippen LogP contribution in [0.1, 0.15) is 22.6 Å². The first-order valence-corrected chi connectivity index (χ1v) is 3.78.